The first-order valence-electron chi connectivity index (χ1n) is 9.79. The highest BCUT2D eigenvalue weighted by atomic mass is 35.5. The minimum atomic E-state index is -3.71. The van der Waals surface area contributed by atoms with Crippen LogP contribution in [0.15, 0.2) is 53.4 Å². The van der Waals surface area contributed by atoms with Gasteiger partial charge in [-0.1, -0.05) is 53.5 Å². The lowest BCUT2D eigenvalue weighted by atomic mass is 10.1. The number of nitrogens with zero attached hydrogens (tertiary/aromatic N) is 2. The number of carbonyl (C=O) groups excluding carboxylic acids is 1. The number of nitrogens with one attached hydrogen (secondary N) is 1. The van der Waals surface area contributed by atoms with Crippen molar-refractivity contribution in [3.05, 3.63) is 64.1 Å². The minimum absolute atomic E-state index is 0.0212. The van der Waals surface area contributed by atoms with Crippen molar-refractivity contribution in [3.8, 4) is 0 Å². The third kappa shape index (κ3) is 5.74. The van der Waals surface area contributed by atoms with Crippen LogP contribution in [0.5, 0.6) is 0 Å². The number of sulfonamides is 1. The zero-order valence-corrected chi connectivity index (χ0v) is 19.1. The van der Waals surface area contributed by atoms with Crippen LogP contribution in [0.25, 0.3) is 0 Å². The zero-order valence-electron chi connectivity index (χ0n) is 16.7. The lowest BCUT2D eigenvalue weighted by molar-refractivity contribution is -0.122. The maximum absolute atomic E-state index is 12.9. The van der Waals surface area contributed by atoms with E-state index in [2.05, 4.69) is 10.2 Å². The molecule has 1 fully saturated rings. The maximum Gasteiger partial charge on any atom is 0.244 e. The Morgan fingerprint density at radius 1 is 1.07 bits per heavy atom. The molecule has 2 aromatic rings. The highest BCUT2D eigenvalue weighted by Gasteiger charge is 2.30. The summed E-state index contributed by atoms with van der Waals surface area (Å²) in [6, 6.07) is 14.2. The van der Waals surface area contributed by atoms with Gasteiger partial charge in [0.2, 0.25) is 15.9 Å². The molecule has 30 heavy (non-hydrogen) atoms. The smallest absolute Gasteiger partial charge is 0.244 e. The molecule has 1 aliphatic rings. The quantitative estimate of drug-likeness (QED) is 0.672. The van der Waals surface area contributed by atoms with Crippen LogP contribution in [-0.4, -0.2) is 56.3 Å². The first kappa shape index (κ1) is 23.0. The molecule has 0 aliphatic carbocycles. The molecular formula is C21H25Cl2N3O3S. The van der Waals surface area contributed by atoms with Gasteiger partial charge in [0.15, 0.2) is 0 Å². The molecule has 1 N–H and O–H groups in total. The monoisotopic (exact) mass is 469 g/mol. The average Bonchev–Trinajstić information content (AvgIpc) is 2.74. The Morgan fingerprint density at radius 2 is 1.73 bits per heavy atom. The first-order chi connectivity index (χ1) is 14.3. The predicted molar refractivity (Wildman–Crippen MR) is 119 cm³/mol. The Labute approximate surface area is 187 Å². The maximum atomic E-state index is 12.9. The molecule has 2 aromatic carbocycles. The summed E-state index contributed by atoms with van der Waals surface area (Å²) < 4.78 is 27.2. The number of halogens is 2. The van der Waals surface area contributed by atoms with E-state index >= 15 is 0 Å². The van der Waals surface area contributed by atoms with Crippen molar-refractivity contribution in [1.82, 2.24) is 14.5 Å². The largest absolute Gasteiger partial charge is 0.350 e. The zero-order chi connectivity index (χ0) is 21.7. The molecule has 9 heteroatoms. The molecule has 1 heterocycles. The van der Waals surface area contributed by atoms with Gasteiger partial charge in [-0.25, -0.2) is 8.42 Å². The Morgan fingerprint density at radius 3 is 2.40 bits per heavy atom. The van der Waals surface area contributed by atoms with E-state index in [0.717, 1.165) is 5.56 Å². The van der Waals surface area contributed by atoms with Gasteiger partial charge < -0.3 is 10.2 Å². The number of piperazine rings is 1. The van der Waals surface area contributed by atoms with E-state index in [4.69, 9.17) is 23.2 Å². The number of carbonyl (C=O) groups is 1. The molecular weight excluding hydrogens is 445 g/mol. The molecule has 0 bridgehead atoms. The van der Waals surface area contributed by atoms with Crippen molar-refractivity contribution in [1.29, 1.82) is 0 Å². The van der Waals surface area contributed by atoms with Gasteiger partial charge in [-0.2, -0.15) is 4.31 Å². The van der Waals surface area contributed by atoms with Crippen molar-refractivity contribution < 1.29 is 13.2 Å². The Balaban J connectivity index is 1.48. The van der Waals surface area contributed by atoms with Crippen LogP contribution in [0, 0.1) is 0 Å². The Kier molecular flexibility index (Phi) is 7.76. The molecule has 162 valence electrons. The molecule has 1 atom stereocenters. The Hall–Kier alpha value is -1.64. The van der Waals surface area contributed by atoms with Gasteiger partial charge in [-0.3, -0.25) is 4.79 Å². The fourth-order valence-corrected chi connectivity index (χ4v) is 5.57. The van der Waals surface area contributed by atoms with Crippen molar-refractivity contribution >= 4 is 39.1 Å². The standard InChI is InChI=1S/C21H25Cl2N3O3S/c1-16(17-5-3-2-4-6-17)24-21(27)9-10-25-11-13-26(14-12-25)30(28,29)20-15-18(22)7-8-19(20)23/h2-8,15-16H,9-14H2,1H3,(H,24,27). The number of hydrogen-bond donors (Lipinski definition) is 1. The summed E-state index contributed by atoms with van der Waals surface area (Å²) in [5.41, 5.74) is 1.06. The van der Waals surface area contributed by atoms with Crippen molar-refractivity contribution in [2.24, 2.45) is 0 Å². The van der Waals surface area contributed by atoms with Crippen molar-refractivity contribution in [3.63, 3.8) is 0 Å². The number of amides is 1. The highest BCUT2D eigenvalue weighted by Crippen LogP contribution is 2.28. The third-order valence-corrected chi connectivity index (χ3v) is 7.79. The van der Waals surface area contributed by atoms with Gasteiger partial charge in [-0.05, 0) is 30.7 Å². The molecule has 0 spiro atoms. The van der Waals surface area contributed by atoms with E-state index < -0.39 is 10.0 Å². The van der Waals surface area contributed by atoms with Crippen LogP contribution >= 0.6 is 23.2 Å². The summed E-state index contributed by atoms with van der Waals surface area (Å²) in [7, 11) is -3.71. The molecule has 1 aliphatic heterocycles. The second-order valence-electron chi connectivity index (χ2n) is 7.27. The van der Waals surface area contributed by atoms with E-state index in [1.165, 1.54) is 16.4 Å². The van der Waals surface area contributed by atoms with Crippen LogP contribution in [-0.2, 0) is 14.8 Å². The summed E-state index contributed by atoms with van der Waals surface area (Å²) >= 11 is 12.0. The molecule has 3 rings (SSSR count). The molecule has 0 aromatic heterocycles. The van der Waals surface area contributed by atoms with Gasteiger partial charge in [-0.15, -0.1) is 0 Å². The van der Waals surface area contributed by atoms with E-state index in [0.29, 0.717) is 44.2 Å². The predicted octanol–water partition coefficient (Wildman–Crippen LogP) is 3.57. The Bertz CT molecular complexity index is 978. The topological polar surface area (TPSA) is 69.7 Å². The summed E-state index contributed by atoms with van der Waals surface area (Å²) in [4.78, 5) is 14.4. The molecule has 0 saturated carbocycles. The number of rotatable bonds is 7. The van der Waals surface area contributed by atoms with Crippen LogP contribution in [0.1, 0.15) is 24.9 Å². The van der Waals surface area contributed by atoms with Crippen LogP contribution in [0.3, 0.4) is 0 Å². The van der Waals surface area contributed by atoms with Gasteiger partial charge in [0.25, 0.3) is 0 Å². The number of hydrogen-bond acceptors (Lipinski definition) is 4. The summed E-state index contributed by atoms with van der Waals surface area (Å²) in [5, 5.41) is 3.49. The fourth-order valence-electron chi connectivity index (χ4n) is 3.41. The molecule has 1 saturated heterocycles. The molecule has 1 unspecified atom stereocenters. The molecule has 6 nitrogen and oxygen atoms in total. The average molecular weight is 470 g/mol. The van der Waals surface area contributed by atoms with Gasteiger partial charge >= 0.3 is 0 Å². The van der Waals surface area contributed by atoms with Crippen molar-refractivity contribution in [2.45, 2.75) is 24.3 Å². The van der Waals surface area contributed by atoms with Gasteiger partial charge in [0.05, 0.1) is 11.1 Å². The normalized spacial score (nSPS) is 16.9. The second-order valence-corrected chi connectivity index (χ2v) is 10.0. The lowest BCUT2D eigenvalue weighted by Crippen LogP contribution is -2.49. The third-order valence-electron chi connectivity index (χ3n) is 5.17. The fraction of sp³-hybridized carbons (Fsp3) is 0.381. The summed E-state index contributed by atoms with van der Waals surface area (Å²) in [5.74, 6) is -0.0212. The van der Waals surface area contributed by atoms with E-state index in [1.54, 1.807) is 6.07 Å². The van der Waals surface area contributed by atoms with Crippen molar-refractivity contribution in [2.75, 3.05) is 32.7 Å². The highest BCUT2D eigenvalue weighted by molar-refractivity contribution is 7.89. The SMILES string of the molecule is CC(NC(=O)CCN1CCN(S(=O)(=O)c2cc(Cl)ccc2Cl)CC1)c1ccccc1. The van der Waals surface area contributed by atoms with Gasteiger partial charge in [0.1, 0.15) is 4.90 Å². The van der Waals surface area contributed by atoms with Crippen LogP contribution < -0.4 is 5.32 Å². The number of benzene rings is 2. The molecule has 0 radical (unpaired) electrons. The first-order valence-corrected chi connectivity index (χ1v) is 12.0. The lowest BCUT2D eigenvalue weighted by Gasteiger charge is -2.34. The van der Waals surface area contributed by atoms with E-state index in [1.807, 2.05) is 37.3 Å². The summed E-state index contributed by atoms with van der Waals surface area (Å²) in [6.45, 7) is 4.33. The minimum Gasteiger partial charge on any atom is -0.350 e. The van der Waals surface area contributed by atoms with Gasteiger partial charge in [0, 0.05) is 44.2 Å². The van der Waals surface area contributed by atoms with E-state index in [9.17, 15) is 13.2 Å². The van der Waals surface area contributed by atoms with Crippen LogP contribution in [0.4, 0.5) is 0 Å². The molecule has 1 amide bonds. The second kappa shape index (κ2) is 10.1. The van der Waals surface area contributed by atoms with E-state index in [-0.39, 0.29) is 21.9 Å². The summed E-state index contributed by atoms with van der Waals surface area (Å²) in [6.07, 6.45) is 0.365. The van der Waals surface area contributed by atoms with Crippen LogP contribution in [0.2, 0.25) is 10.0 Å².